The molecule has 0 saturated carbocycles. The molecule has 2 aromatic rings. The van der Waals surface area contributed by atoms with Gasteiger partial charge in [-0.05, 0) is 55.4 Å². The number of amides is 1. The number of nitrogens with one attached hydrogen (secondary N) is 1. The van der Waals surface area contributed by atoms with Crippen LogP contribution in [0.3, 0.4) is 0 Å². The van der Waals surface area contributed by atoms with E-state index in [1.54, 1.807) is 69.0 Å². The molecule has 12 heteroatoms. The molecule has 8 atom stereocenters. The Labute approximate surface area is 304 Å². The van der Waals surface area contributed by atoms with Crippen LogP contribution in [-0.4, -0.2) is 136 Å². The highest BCUT2D eigenvalue weighted by Gasteiger charge is 2.37. The van der Waals surface area contributed by atoms with Crippen LogP contribution in [0, 0.1) is 0 Å². The number of aryl methyl sites for hydroxylation is 2. The van der Waals surface area contributed by atoms with Gasteiger partial charge in [-0.25, -0.2) is 0 Å². The zero-order valence-corrected chi connectivity index (χ0v) is 31.9. The minimum absolute atomic E-state index is 0.0361. The van der Waals surface area contributed by atoms with Gasteiger partial charge in [0.05, 0.1) is 18.3 Å². The molecule has 1 amide bonds. The highest BCUT2D eigenvalue weighted by atomic mass is 16.6. The van der Waals surface area contributed by atoms with E-state index in [2.05, 4.69) is 5.32 Å². The van der Waals surface area contributed by atoms with Crippen molar-refractivity contribution in [1.29, 1.82) is 0 Å². The summed E-state index contributed by atoms with van der Waals surface area (Å²) in [6.07, 6.45) is 0.272. The Morgan fingerprint density at radius 3 is 1.39 bits per heavy atom. The van der Waals surface area contributed by atoms with Gasteiger partial charge in [0, 0.05) is 87.6 Å². The number of carbonyl (C=O) groups excluding carboxylic acids is 2. The minimum atomic E-state index is -0.549. The predicted molar refractivity (Wildman–Crippen MR) is 195 cm³/mol. The summed E-state index contributed by atoms with van der Waals surface area (Å²) < 4.78 is 45.3. The molecule has 51 heavy (non-hydrogen) atoms. The molecule has 0 bridgehead atoms. The molecule has 12 nitrogen and oxygen atoms in total. The van der Waals surface area contributed by atoms with E-state index in [1.807, 2.05) is 43.3 Å². The Balaban J connectivity index is 1.92. The fourth-order valence-electron chi connectivity index (χ4n) is 6.50. The van der Waals surface area contributed by atoms with Crippen LogP contribution in [0.5, 0.6) is 0 Å². The minimum Gasteiger partial charge on any atom is -0.396 e. The summed E-state index contributed by atoms with van der Waals surface area (Å²) in [6, 6.07) is 15.2. The average Bonchev–Trinajstić information content (AvgIpc) is 3.17. The van der Waals surface area contributed by atoms with Crippen molar-refractivity contribution < 1.29 is 52.6 Å². The molecule has 0 aliphatic carbocycles. The fourth-order valence-corrected chi connectivity index (χ4v) is 6.50. The zero-order chi connectivity index (χ0) is 37.8. The molecule has 0 spiro atoms. The molecular weight excluding hydrogens is 658 g/mol. The Morgan fingerprint density at radius 1 is 0.569 bits per heavy atom. The van der Waals surface area contributed by atoms with E-state index in [1.165, 1.54) is 0 Å². The van der Waals surface area contributed by atoms with Gasteiger partial charge in [0.2, 0.25) is 0 Å². The van der Waals surface area contributed by atoms with Crippen molar-refractivity contribution >= 4 is 11.7 Å². The number of hydrogen-bond acceptors (Lipinski definition) is 11. The quantitative estimate of drug-likeness (QED) is 0.129. The Morgan fingerprint density at radius 2 is 0.980 bits per heavy atom. The van der Waals surface area contributed by atoms with Crippen LogP contribution < -0.4 is 5.32 Å². The maximum atomic E-state index is 13.1. The number of methoxy groups -OCH3 is 8. The van der Waals surface area contributed by atoms with Gasteiger partial charge >= 0.3 is 0 Å². The van der Waals surface area contributed by atoms with Crippen molar-refractivity contribution in [2.45, 2.75) is 94.3 Å². The number of rotatable bonds is 27. The van der Waals surface area contributed by atoms with Crippen molar-refractivity contribution in [2.24, 2.45) is 0 Å². The smallest absolute Gasteiger partial charge is 0.251 e. The summed E-state index contributed by atoms with van der Waals surface area (Å²) in [5, 5.41) is 12.3. The van der Waals surface area contributed by atoms with Gasteiger partial charge in [-0.3, -0.25) is 9.59 Å². The fraction of sp³-hybridized carbons (Fsp3) is 0.641. The molecule has 2 aromatic carbocycles. The number of aliphatic hydroxyl groups excluding tert-OH is 1. The molecule has 0 radical (unpaired) electrons. The maximum absolute atomic E-state index is 13.1. The third-order valence-electron chi connectivity index (χ3n) is 9.54. The van der Waals surface area contributed by atoms with Crippen LogP contribution in [0.4, 0.5) is 0 Å². The third-order valence-corrected chi connectivity index (χ3v) is 9.54. The number of ketones is 1. The van der Waals surface area contributed by atoms with Crippen LogP contribution in [0.15, 0.2) is 48.5 Å². The number of benzene rings is 2. The van der Waals surface area contributed by atoms with Crippen LogP contribution in [-0.2, 0) is 50.7 Å². The normalized spacial score (nSPS) is 16.4. The first-order chi connectivity index (χ1) is 24.7. The van der Waals surface area contributed by atoms with Crippen molar-refractivity contribution in [3.63, 3.8) is 0 Å². The van der Waals surface area contributed by atoms with Gasteiger partial charge in [0.1, 0.15) is 30.5 Å². The van der Waals surface area contributed by atoms with E-state index < -0.39 is 24.4 Å². The summed E-state index contributed by atoms with van der Waals surface area (Å²) in [6.45, 7) is 2.15. The van der Waals surface area contributed by atoms with Crippen LogP contribution in [0.1, 0.15) is 64.4 Å². The Kier molecular flexibility index (Phi) is 21.3. The molecule has 0 aliphatic heterocycles. The molecule has 2 rings (SSSR count). The second-order valence-corrected chi connectivity index (χ2v) is 12.4. The Hall–Kier alpha value is -2.78. The molecule has 0 saturated heterocycles. The first-order valence-electron chi connectivity index (χ1n) is 17.5. The number of carbonyl (C=O) groups is 2. The van der Waals surface area contributed by atoms with E-state index in [0.717, 1.165) is 30.4 Å². The lowest BCUT2D eigenvalue weighted by Gasteiger charge is -2.35. The van der Waals surface area contributed by atoms with Crippen molar-refractivity contribution in [3.05, 3.63) is 70.8 Å². The molecule has 0 aromatic heterocycles. The first kappa shape index (κ1) is 44.4. The highest BCUT2D eigenvalue weighted by molar-refractivity contribution is 5.96. The summed E-state index contributed by atoms with van der Waals surface area (Å²) in [7, 11) is 12.7. The van der Waals surface area contributed by atoms with E-state index in [0.29, 0.717) is 30.4 Å². The zero-order valence-electron chi connectivity index (χ0n) is 31.9. The molecule has 0 fully saturated rings. The monoisotopic (exact) mass is 719 g/mol. The van der Waals surface area contributed by atoms with Gasteiger partial charge in [-0.15, -0.1) is 0 Å². The maximum Gasteiger partial charge on any atom is 0.251 e. The summed E-state index contributed by atoms with van der Waals surface area (Å²) in [5.41, 5.74) is 3.37. The van der Waals surface area contributed by atoms with Gasteiger partial charge in [0.15, 0.2) is 5.78 Å². The van der Waals surface area contributed by atoms with Crippen molar-refractivity contribution in [3.8, 4) is 0 Å². The lowest BCUT2D eigenvalue weighted by atomic mass is 9.95. The standard InChI is InChI=1S/C39H61NO11/c1-10-31(44-2)35(48-6)36(49-7)32(45-3)22-21-30(42)28-17-13-26(14-18-28)11-12-27-15-19-29(20-16-27)39(43)40-25-34(47-5)38(51-9)37(50-8)33(46-4)23-24-41/h13-20,31-38,41H,10-12,21-25H2,1-9H3,(H,40,43)/t31-,32+,33-,34+,35-,36-,37-,38-/m1/s1. The first-order valence-corrected chi connectivity index (χ1v) is 17.5. The number of Topliss-reactive ketones (excluding diaryl/α,β-unsaturated/α-hetero) is 1. The second-order valence-electron chi connectivity index (χ2n) is 12.4. The highest BCUT2D eigenvalue weighted by Crippen LogP contribution is 2.22. The van der Waals surface area contributed by atoms with Crippen LogP contribution in [0.2, 0.25) is 0 Å². The van der Waals surface area contributed by atoms with Gasteiger partial charge in [0.25, 0.3) is 5.91 Å². The van der Waals surface area contributed by atoms with Gasteiger partial charge in [-0.2, -0.15) is 0 Å². The molecule has 2 N–H and O–H groups in total. The van der Waals surface area contributed by atoms with Crippen molar-refractivity contribution in [2.75, 3.05) is 70.0 Å². The second kappa shape index (κ2) is 24.5. The van der Waals surface area contributed by atoms with E-state index in [-0.39, 0.29) is 49.3 Å². The van der Waals surface area contributed by atoms with E-state index in [9.17, 15) is 14.7 Å². The number of ether oxygens (including phenoxy) is 8. The predicted octanol–water partition coefficient (Wildman–Crippen LogP) is 4.08. The van der Waals surface area contributed by atoms with E-state index >= 15 is 0 Å². The van der Waals surface area contributed by atoms with Crippen LogP contribution >= 0.6 is 0 Å². The summed E-state index contributed by atoms with van der Waals surface area (Å²) in [5.74, 6) is -0.200. The van der Waals surface area contributed by atoms with Gasteiger partial charge in [-0.1, -0.05) is 43.3 Å². The average molecular weight is 720 g/mol. The lowest BCUT2D eigenvalue weighted by Crippen LogP contribution is -2.52. The summed E-state index contributed by atoms with van der Waals surface area (Å²) >= 11 is 0. The molecule has 0 unspecified atom stereocenters. The molecule has 288 valence electrons. The number of aliphatic hydroxyl groups is 1. The topological polar surface area (TPSA) is 140 Å². The Bertz CT molecular complexity index is 1240. The largest absolute Gasteiger partial charge is 0.396 e. The lowest BCUT2D eigenvalue weighted by molar-refractivity contribution is -0.150. The SMILES string of the molecule is CC[C@@H](OC)[C@@H](OC)[C@H](OC)[C@H](CCC(=O)c1ccc(CCc2ccc(C(=O)NC[C@H](OC)[C@@H](OC)[C@H](OC)[C@@H](CCO)OC)cc2)cc1)OC. The third kappa shape index (κ3) is 13.3. The van der Waals surface area contributed by atoms with E-state index in [4.69, 9.17) is 37.9 Å². The van der Waals surface area contributed by atoms with Crippen molar-refractivity contribution in [1.82, 2.24) is 5.32 Å². The number of hydrogen-bond donors (Lipinski definition) is 2. The van der Waals surface area contributed by atoms with Crippen LogP contribution in [0.25, 0.3) is 0 Å². The molecule has 0 aliphatic rings. The molecule has 0 heterocycles. The molecular formula is C39H61NO11. The summed E-state index contributed by atoms with van der Waals surface area (Å²) in [4.78, 5) is 26.1. The van der Waals surface area contributed by atoms with Gasteiger partial charge < -0.3 is 48.3 Å².